The van der Waals surface area contributed by atoms with E-state index in [4.69, 9.17) is 5.11 Å². The van der Waals surface area contributed by atoms with E-state index in [1.165, 1.54) is 25.7 Å². The summed E-state index contributed by atoms with van der Waals surface area (Å²) in [6, 6.07) is 7.74. The largest absolute Gasteiger partial charge is 0.392 e. The second-order valence-electron chi connectivity index (χ2n) is 6.49. The number of nitrogens with zero attached hydrogens (tertiary/aromatic N) is 1. The van der Waals surface area contributed by atoms with Gasteiger partial charge in [-0.3, -0.25) is 4.90 Å². The second kappa shape index (κ2) is 9.18. The molecule has 0 spiro atoms. The molecule has 0 unspecified atom stereocenters. The van der Waals surface area contributed by atoms with E-state index in [-0.39, 0.29) is 6.61 Å². The molecule has 0 aliphatic heterocycles. The molecule has 2 rings (SSSR count). The first-order chi connectivity index (χ1) is 11.1. The van der Waals surface area contributed by atoms with Gasteiger partial charge in [0.2, 0.25) is 0 Å². The van der Waals surface area contributed by atoms with E-state index in [1.807, 2.05) is 6.08 Å². The molecule has 1 saturated carbocycles. The molecule has 23 heavy (non-hydrogen) atoms. The summed E-state index contributed by atoms with van der Waals surface area (Å²) in [5.74, 6) is 0. The highest BCUT2D eigenvalue weighted by molar-refractivity contribution is 5.23. The molecule has 4 nitrogen and oxygen atoms in total. The number of hydrogen-bond acceptors (Lipinski definition) is 4. The van der Waals surface area contributed by atoms with Crippen LogP contribution in [0.3, 0.4) is 0 Å². The summed E-state index contributed by atoms with van der Waals surface area (Å²) in [4.78, 5) is 2.28. The minimum atomic E-state index is -0.688. The van der Waals surface area contributed by atoms with Gasteiger partial charge in [-0.2, -0.15) is 0 Å². The Kier molecular flexibility index (Phi) is 7.24. The van der Waals surface area contributed by atoms with Crippen LogP contribution in [0.4, 0.5) is 0 Å². The molecule has 0 aromatic heterocycles. The van der Waals surface area contributed by atoms with Crippen LogP contribution in [-0.4, -0.2) is 45.5 Å². The lowest BCUT2D eigenvalue weighted by Crippen LogP contribution is -2.39. The number of aliphatic hydroxyl groups excluding tert-OH is 3. The molecule has 3 N–H and O–H groups in total. The van der Waals surface area contributed by atoms with Crippen LogP contribution in [0.2, 0.25) is 0 Å². The van der Waals surface area contributed by atoms with Gasteiger partial charge in [0, 0.05) is 25.6 Å². The molecule has 0 bridgehead atoms. The van der Waals surface area contributed by atoms with Crippen molar-refractivity contribution in [2.75, 3.05) is 13.1 Å². The van der Waals surface area contributed by atoms with Gasteiger partial charge in [0.1, 0.15) is 0 Å². The Bertz CT molecular complexity index is 468. The average Bonchev–Trinajstić information content (AvgIpc) is 3.09. The van der Waals surface area contributed by atoms with Gasteiger partial charge in [0.15, 0.2) is 0 Å². The van der Waals surface area contributed by atoms with Gasteiger partial charge in [0.05, 0.1) is 18.8 Å². The fourth-order valence-electron chi connectivity index (χ4n) is 3.39. The molecule has 1 aliphatic rings. The number of benzene rings is 1. The van der Waals surface area contributed by atoms with Crippen LogP contribution in [0, 0.1) is 0 Å². The predicted molar refractivity (Wildman–Crippen MR) is 92.0 cm³/mol. The highest BCUT2D eigenvalue weighted by Crippen LogP contribution is 2.25. The molecule has 128 valence electrons. The summed E-state index contributed by atoms with van der Waals surface area (Å²) < 4.78 is 0. The van der Waals surface area contributed by atoms with Crippen LogP contribution in [0.15, 0.2) is 36.9 Å². The minimum Gasteiger partial charge on any atom is -0.392 e. The van der Waals surface area contributed by atoms with Crippen molar-refractivity contribution in [3.05, 3.63) is 48.0 Å². The highest BCUT2D eigenvalue weighted by atomic mass is 16.3. The molecule has 0 radical (unpaired) electrons. The summed E-state index contributed by atoms with van der Waals surface area (Å²) in [7, 11) is 0. The third-order valence-electron chi connectivity index (χ3n) is 4.69. The van der Waals surface area contributed by atoms with E-state index >= 15 is 0 Å². The molecule has 2 atom stereocenters. The van der Waals surface area contributed by atoms with Gasteiger partial charge >= 0.3 is 0 Å². The maximum absolute atomic E-state index is 10.4. The van der Waals surface area contributed by atoms with Crippen molar-refractivity contribution < 1.29 is 15.3 Å². The van der Waals surface area contributed by atoms with Crippen LogP contribution < -0.4 is 0 Å². The normalized spacial score (nSPS) is 18.3. The third-order valence-corrected chi connectivity index (χ3v) is 4.69. The molecular weight excluding hydrogens is 290 g/mol. The van der Waals surface area contributed by atoms with E-state index in [1.54, 1.807) is 24.3 Å². The van der Waals surface area contributed by atoms with Gasteiger partial charge in [-0.25, -0.2) is 0 Å². The number of aliphatic hydroxyl groups is 3. The number of hydrogen-bond donors (Lipinski definition) is 3. The molecule has 4 heteroatoms. The van der Waals surface area contributed by atoms with E-state index in [9.17, 15) is 10.2 Å². The van der Waals surface area contributed by atoms with Crippen LogP contribution in [0.25, 0.3) is 0 Å². The maximum atomic E-state index is 10.4. The zero-order valence-electron chi connectivity index (χ0n) is 13.8. The summed E-state index contributed by atoms with van der Waals surface area (Å²) >= 11 is 0. The Hall–Kier alpha value is -1.20. The predicted octanol–water partition coefficient (Wildman–Crippen LogP) is 2.39. The molecule has 1 aromatic rings. The Labute approximate surface area is 139 Å². The molecule has 0 amide bonds. The SMILES string of the molecule is C=CCN(C[C@@H](O)C[C@@H](O)c1ccc(CO)cc1)C1CCCC1. The molecule has 1 aromatic carbocycles. The van der Waals surface area contributed by atoms with E-state index in [0.29, 0.717) is 19.0 Å². The summed E-state index contributed by atoms with van der Waals surface area (Å²) in [5, 5.41) is 29.7. The first kappa shape index (κ1) is 18.1. The fourth-order valence-corrected chi connectivity index (χ4v) is 3.39. The van der Waals surface area contributed by atoms with Crippen molar-refractivity contribution in [1.82, 2.24) is 4.90 Å². The fraction of sp³-hybridized carbons (Fsp3) is 0.579. The van der Waals surface area contributed by atoms with E-state index in [2.05, 4.69) is 11.5 Å². The van der Waals surface area contributed by atoms with Crippen LogP contribution in [0.1, 0.15) is 49.3 Å². The molecular formula is C19H29NO3. The van der Waals surface area contributed by atoms with Crippen molar-refractivity contribution in [2.24, 2.45) is 0 Å². The van der Waals surface area contributed by atoms with Crippen LogP contribution in [0.5, 0.6) is 0 Å². The van der Waals surface area contributed by atoms with Crippen molar-refractivity contribution in [1.29, 1.82) is 0 Å². The summed E-state index contributed by atoms with van der Waals surface area (Å²) in [6.45, 7) is 5.16. The van der Waals surface area contributed by atoms with Gasteiger partial charge in [-0.15, -0.1) is 6.58 Å². The highest BCUT2D eigenvalue weighted by Gasteiger charge is 2.24. The smallest absolute Gasteiger partial charge is 0.0815 e. The van der Waals surface area contributed by atoms with Crippen molar-refractivity contribution in [3.63, 3.8) is 0 Å². The lowest BCUT2D eigenvalue weighted by molar-refractivity contribution is 0.0457. The summed E-state index contributed by atoms with van der Waals surface area (Å²) in [6.07, 6.45) is 5.84. The molecule has 0 heterocycles. The third kappa shape index (κ3) is 5.43. The molecule has 1 aliphatic carbocycles. The summed E-state index contributed by atoms with van der Waals surface area (Å²) in [5.41, 5.74) is 1.59. The molecule has 0 saturated heterocycles. The Morgan fingerprint density at radius 2 is 1.83 bits per heavy atom. The van der Waals surface area contributed by atoms with Crippen molar-refractivity contribution >= 4 is 0 Å². The first-order valence-electron chi connectivity index (χ1n) is 8.54. The van der Waals surface area contributed by atoms with Crippen molar-refractivity contribution in [2.45, 2.75) is 57.0 Å². The standard InChI is InChI=1S/C19H29NO3/c1-2-11-20(17-5-3-4-6-17)13-18(22)12-19(23)16-9-7-15(14-21)8-10-16/h2,7-10,17-19,21-23H,1,3-6,11-14H2/t18-,19+/m0/s1. The van der Waals surface area contributed by atoms with Gasteiger partial charge in [0.25, 0.3) is 0 Å². The molecule has 1 fully saturated rings. The van der Waals surface area contributed by atoms with Crippen LogP contribution in [-0.2, 0) is 6.61 Å². The maximum Gasteiger partial charge on any atom is 0.0815 e. The van der Waals surface area contributed by atoms with Gasteiger partial charge in [-0.05, 0) is 24.0 Å². The van der Waals surface area contributed by atoms with Gasteiger partial charge < -0.3 is 15.3 Å². The van der Waals surface area contributed by atoms with Crippen LogP contribution >= 0.6 is 0 Å². The zero-order chi connectivity index (χ0) is 16.7. The monoisotopic (exact) mass is 319 g/mol. The average molecular weight is 319 g/mol. The second-order valence-corrected chi connectivity index (χ2v) is 6.49. The van der Waals surface area contributed by atoms with E-state index in [0.717, 1.165) is 17.7 Å². The lowest BCUT2D eigenvalue weighted by Gasteiger charge is -2.30. The zero-order valence-corrected chi connectivity index (χ0v) is 13.8. The van der Waals surface area contributed by atoms with E-state index < -0.39 is 12.2 Å². The minimum absolute atomic E-state index is 0.00307. The quantitative estimate of drug-likeness (QED) is 0.612. The van der Waals surface area contributed by atoms with Crippen molar-refractivity contribution in [3.8, 4) is 0 Å². The Morgan fingerprint density at radius 3 is 2.39 bits per heavy atom. The number of rotatable bonds is 9. The Morgan fingerprint density at radius 1 is 1.17 bits per heavy atom. The Balaban J connectivity index is 1.88. The topological polar surface area (TPSA) is 63.9 Å². The lowest BCUT2D eigenvalue weighted by atomic mass is 10.0. The van der Waals surface area contributed by atoms with Gasteiger partial charge in [-0.1, -0.05) is 43.2 Å². The first-order valence-corrected chi connectivity index (χ1v) is 8.54.